The Balaban J connectivity index is 2.14. The molecule has 0 unspecified atom stereocenters. The van der Waals surface area contributed by atoms with Gasteiger partial charge in [-0.3, -0.25) is 0 Å². The Kier molecular flexibility index (Phi) is 4.36. The highest BCUT2D eigenvalue weighted by Gasteiger charge is 2.24. The van der Waals surface area contributed by atoms with Crippen LogP contribution in [0.1, 0.15) is 45.7 Å². The van der Waals surface area contributed by atoms with Gasteiger partial charge in [0.25, 0.3) is 0 Å². The molecule has 0 radical (unpaired) electrons. The molecule has 0 aliphatic heterocycles. The van der Waals surface area contributed by atoms with Gasteiger partial charge in [-0.15, -0.1) is 0 Å². The molecule has 1 fully saturated rings. The molecule has 19 heavy (non-hydrogen) atoms. The van der Waals surface area contributed by atoms with E-state index in [1.54, 1.807) is 0 Å². The van der Waals surface area contributed by atoms with Crippen LogP contribution in [0.5, 0.6) is 0 Å². The molecule has 1 aliphatic rings. The van der Waals surface area contributed by atoms with Crippen LogP contribution >= 0.6 is 11.6 Å². The Morgan fingerprint density at radius 3 is 2.68 bits per heavy atom. The van der Waals surface area contributed by atoms with Crippen LogP contribution in [-0.4, -0.2) is 23.6 Å². The van der Waals surface area contributed by atoms with E-state index in [-0.39, 0.29) is 5.54 Å². The molecule has 1 aromatic heterocycles. The van der Waals surface area contributed by atoms with Crippen molar-refractivity contribution < 1.29 is 0 Å². The molecular formula is C15H24ClN3. The molecule has 0 spiro atoms. The zero-order valence-corrected chi connectivity index (χ0v) is 13.1. The molecule has 106 valence electrons. The lowest BCUT2D eigenvalue weighted by molar-refractivity contribution is 0.466. The van der Waals surface area contributed by atoms with Crippen molar-refractivity contribution in [3.05, 3.63) is 22.8 Å². The van der Waals surface area contributed by atoms with E-state index in [1.165, 1.54) is 12.8 Å². The van der Waals surface area contributed by atoms with Crippen LogP contribution in [0.2, 0.25) is 5.02 Å². The molecule has 0 atom stereocenters. The summed E-state index contributed by atoms with van der Waals surface area (Å²) in [6.45, 7) is 7.41. The second-order valence-corrected chi connectivity index (χ2v) is 6.39. The average molecular weight is 282 g/mol. The number of anilines is 1. The predicted octanol–water partition coefficient (Wildman–Crippen LogP) is 3.61. The fourth-order valence-corrected chi connectivity index (χ4v) is 2.03. The topological polar surface area (TPSA) is 28.2 Å². The number of rotatable bonds is 6. The van der Waals surface area contributed by atoms with E-state index in [4.69, 9.17) is 16.6 Å². The third kappa shape index (κ3) is 3.61. The Bertz CT molecular complexity index is 441. The largest absolute Gasteiger partial charge is 0.355 e. The molecule has 4 heteroatoms. The van der Waals surface area contributed by atoms with Crippen LogP contribution in [-0.2, 0) is 6.54 Å². The number of hydrogen-bond acceptors (Lipinski definition) is 3. The second kappa shape index (κ2) is 5.68. The third-order valence-corrected chi connectivity index (χ3v) is 4.50. The Hall–Kier alpha value is -0.800. The Labute approximate surface area is 121 Å². The highest BCUT2D eigenvalue weighted by Crippen LogP contribution is 2.26. The zero-order chi connectivity index (χ0) is 14.0. The van der Waals surface area contributed by atoms with Crippen molar-refractivity contribution in [2.24, 2.45) is 0 Å². The van der Waals surface area contributed by atoms with Gasteiger partial charge in [-0.2, -0.15) is 0 Å². The minimum Gasteiger partial charge on any atom is -0.355 e. The molecule has 2 rings (SSSR count). The maximum absolute atomic E-state index is 6.23. The van der Waals surface area contributed by atoms with Gasteiger partial charge in [0.15, 0.2) is 0 Å². The molecule has 0 bridgehead atoms. The lowest BCUT2D eigenvalue weighted by Crippen LogP contribution is -2.41. The number of hydrogen-bond donors (Lipinski definition) is 1. The number of aromatic nitrogens is 1. The van der Waals surface area contributed by atoms with Gasteiger partial charge < -0.3 is 10.2 Å². The molecule has 1 aromatic rings. The summed E-state index contributed by atoms with van der Waals surface area (Å²) in [5, 5.41) is 4.22. The van der Waals surface area contributed by atoms with Gasteiger partial charge >= 0.3 is 0 Å². The fourth-order valence-electron chi connectivity index (χ4n) is 1.86. The van der Waals surface area contributed by atoms with Gasteiger partial charge in [0, 0.05) is 25.2 Å². The monoisotopic (exact) mass is 281 g/mol. The number of nitrogens with one attached hydrogen (secondary N) is 1. The van der Waals surface area contributed by atoms with Crippen molar-refractivity contribution in [2.45, 2.75) is 58.2 Å². The molecule has 1 saturated carbocycles. The van der Waals surface area contributed by atoms with Crippen LogP contribution in [0.3, 0.4) is 0 Å². The van der Waals surface area contributed by atoms with Gasteiger partial charge in [-0.25, -0.2) is 4.98 Å². The van der Waals surface area contributed by atoms with E-state index in [2.05, 4.69) is 38.0 Å². The van der Waals surface area contributed by atoms with Gasteiger partial charge in [0.2, 0.25) is 0 Å². The minimum absolute atomic E-state index is 0.0992. The zero-order valence-electron chi connectivity index (χ0n) is 12.3. The summed E-state index contributed by atoms with van der Waals surface area (Å²) in [5.41, 5.74) is 1.05. The second-order valence-electron chi connectivity index (χ2n) is 5.98. The van der Waals surface area contributed by atoms with E-state index < -0.39 is 0 Å². The lowest BCUT2D eigenvalue weighted by atomic mass is 10.00. The van der Waals surface area contributed by atoms with E-state index in [1.807, 2.05) is 12.1 Å². The molecule has 0 aromatic carbocycles. The first kappa shape index (κ1) is 14.6. The molecule has 3 nitrogen and oxygen atoms in total. The molecule has 0 saturated heterocycles. The molecular weight excluding hydrogens is 258 g/mol. The third-order valence-electron chi connectivity index (χ3n) is 4.16. The van der Waals surface area contributed by atoms with E-state index in [9.17, 15) is 0 Å². The Morgan fingerprint density at radius 2 is 2.11 bits per heavy atom. The van der Waals surface area contributed by atoms with E-state index in [0.717, 1.165) is 29.5 Å². The first-order valence-electron chi connectivity index (χ1n) is 7.06. The van der Waals surface area contributed by atoms with Crippen LogP contribution < -0.4 is 10.2 Å². The predicted molar refractivity (Wildman–Crippen MR) is 81.9 cm³/mol. The van der Waals surface area contributed by atoms with Crippen molar-refractivity contribution in [1.29, 1.82) is 0 Å². The van der Waals surface area contributed by atoms with Crippen molar-refractivity contribution >= 4 is 17.4 Å². The number of halogens is 1. The maximum atomic E-state index is 6.23. The van der Waals surface area contributed by atoms with Crippen molar-refractivity contribution in [3.63, 3.8) is 0 Å². The summed E-state index contributed by atoms with van der Waals surface area (Å²) >= 11 is 6.23. The van der Waals surface area contributed by atoms with Gasteiger partial charge in [-0.05, 0) is 45.2 Å². The highest BCUT2D eigenvalue weighted by molar-refractivity contribution is 6.31. The SMILES string of the molecule is CCC(C)(C)N(C)c1ccc(Cl)c(CNC2CC2)n1. The van der Waals surface area contributed by atoms with E-state index >= 15 is 0 Å². The van der Waals surface area contributed by atoms with E-state index in [0.29, 0.717) is 6.04 Å². The smallest absolute Gasteiger partial charge is 0.129 e. The lowest BCUT2D eigenvalue weighted by Gasteiger charge is -2.36. The normalized spacial score (nSPS) is 15.6. The van der Waals surface area contributed by atoms with Gasteiger partial charge in [-0.1, -0.05) is 18.5 Å². The number of nitrogens with zero attached hydrogens (tertiary/aromatic N) is 2. The highest BCUT2D eigenvalue weighted by atomic mass is 35.5. The van der Waals surface area contributed by atoms with Gasteiger partial charge in [0.1, 0.15) is 5.82 Å². The fraction of sp³-hybridized carbons (Fsp3) is 0.667. The van der Waals surface area contributed by atoms with Crippen molar-refractivity contribution in [2.75, 3.05) is 11.9 Å². The summed E-state index contributed by atoms with van der Waals surface area (Å²) in [5.74, 6) is 0.990. The first-order chi connectivity index (χ1) is 8.94. The first-order valence-corrected chi connectivity index (χ1v) is 7.44. The minimum atomic E-state index is 0.0992. The van der Waals surface area contributed by atoms with Crippen molar-refractivity contribution in [1.82, 2.24) is 10.3 Å². The van der Waals surface area contributed by atoms with Crippen LogP contribution in [0.25, 0.3) is 0 Å². The van der Waals surface area contributed by atoms with Crippen LogP contribution in [0.4, 0.5) is 5.82 Å². The van der Waals surface area contributed by atoms with Crippen LogP contribution in [0, 0.1) is 0 Å². The summed E-state index contributed by atoms with van der Waals surface area (Å²) in [7, 11) is 2.10. The quantitative estimate of drug-likeness (QED) is 0.863. The molecule has 1 heterocycles. The van der Waals surface area contributed by atoms with Crippen LogP contribution in [0.15, 0.2) is 12.1 Å². The molecule has 1 N–H and O–H groups in total. The number of pyridine rings is 1. The summed E-state index contributed by atoms with van der Waals surface area (Å²) < 4.78 is 0. The molecule has 1 aliphatic carbocycles. The summed E-state index contributed by atoms with van der Waals surface area (Å²) in [6.07, 6.45) is 3.63. The van der Waals surface area contributed by atoms with Gasteiger partial charge in [0.05, 0.1) is 10.7 Å². The average Bonchev–Trinajstić information content (AvgIpc) is 3.21. The summed E-state index contributed by atoms with van der Waals surface area (Å²) in [6, 6.07) is 4.63. The summed E-state index contributed by atoms with van der Waals surface area (Å²) in [4.78, 5) is 6.94. The van der Waals surface area contributed by atoms with Crippen molar-refractivity contribution in [3.8, 4) is 0 Å². The maximum Gasteiger partial charge on any atom is 0.129 e. The molecule has 0 amide bonds. The Morgan fingerprint density at radius 1 is 1.42 bits per heavy atom. The standard InChI is InChI=1S/C15H24ClN3/c1-5-15(2,3)19(4)14-9-8-12(16)13(18-14)10-17-11-6-7-11/h8-9,11,17H,5-7,10H2,1-4H3.